The molecule has 2 aliphatic heterocycles. The first-order valence-electron chi connectivity index (χ1n) is 11.4. The molecular formula is C26H29N5O. The van der Waals surface area contributed by atoms with E-state index in [1.54, 1.807) is 6.33 Å². The molecule has 2 unspecified atom stereocenters. The number of piperidine rings is 1. The summed E-state index contributed by atoms with van der Waals surface area (Å²) in [7, 11) is 0. The van der Waals surface area contributed by atoms with Crippen molar-refractivity contribution in [3.8, 4) is 11.5 Å². The maximum atomic E-state index is 6.33. The second kappa shape index (κ2) is 8.71. The number of aromatic nitrogens is 2. The van der Waals surface area contributed by atoms with Crippen molar-refractivity contribution in [2.24, 2.45) is 10.9 Å². The molecule has 0 radical (unpaired) electrons. The lowest BCUT2D eigenvalue weighted by Crippen LogP contribution is -2.41. The lowest BCUT2D eigenvalue weighted by Gasteiger charge is -2.37. The number of aliphatic imine (C=N–C) groups is 1. The van der Waals surface area contributed by atoms with Gasteiger partial charge in [0.05, 0.1) is 23.0 Å². The van der Waals surface area contributed by atoms with Gasteiger partial charge in [0.25, 0.3) is 0 Å². The molecule has 2 aromatic carbocycles. The Morgan fingerprint density at radius 3 is 2.50 bits per heavy atom. The maximum Gasteiger partial charge on any atom is 0.136 e. The summed E-state index contributed by atoms with van der Waals surface area (Å²) < 4.78 is 5.94. The fourth-order valence-corrected chi connectivity index (χ4v) is 4.77. The fraction of sp³-hybridized carbons (Fsp3) is 0.346. The number of nitrogens with two attached hydrogens (primary N) is 1. The van der Waals surface area contributed by atoms with Crippen molar-refractivity contribution in [3.05, 3.63) is 77.7 Å². The number of benzene rings is 2. The molecule has 6 heteroatoms. The normalized spacial score (nSPS) is 20.8. The van der Waals surface area contributed by atoms with Crippen LogP contribution in [0.25, 0.3) is 0 Å². The van der Waals surface area contributed by atoms with Crippen molar-refractivity contribution in [1.29, 1.82) is 0 Å². The first kappa shape index (κ1) is 20.6. The molecule has 0 spiro atoms. The summed E-state index contributed by atoms with van der Waals surface area (Å²) in [6.07, 6.45) is 3.91. The highest BCUT2D eigenvalue weighted by atomic mass is 16.5. The van der Waals surface area contributed by atoms with E-state index in [4.69, 9.17) is 15.5 Å². The Hall–Kier alpha value is -3.25. The van der Waals surface area contributed by atoms with Crippen LogP contribution in [0.4, 0.5) is 5.82 Å². The molecule has 1 aromatic heterocycles. The molecule has 0 aliphatic carbocycles. The van der Waals surface area contributed by atoms with Crippen molar-refractivity contribution in [3.63, 3.8) is 0 Å². The molecule has 1 fully saturated rings. The second-order valence-electron chi connectivity index (χ2n) is 8.87. The number of nitrogens with zero attached hydrogens (tertiary/aromatic N) is 4. The first-order valence-corrected chi connectivity index (χ1v) is 11.4. The van der Waals surface area contributed by atoms with Crippen molar-refractivity contribution in [2.75, 3.05) is 18.8 Å². The van der Waals surface area contributed by atoms with Gasteiger partial charge >= 0.3 is 0 Å². The summed E-state index contributed by atoms with van der Waals surface area (Å²) in [5, 5.41) is 0. The van der Waals surface area contributed by atoms with E-state index in [1.165, 1.54) is 6.42 Å². The molecule has 3 aromatic rings. The van der Waals surface area contributed by atoms with E-state index in [0.29, 0.717) is 17.8 Å². The first-order chi connectivity index (χ1) is 15.6. The van der Waals surface area contributed by atoms with Crippen LogP contribution in [0.1, 0.15) is 49.6 Å². The lowest BCUT2D eigenvalue weighted by atomic mass is 9.88. The Bertz CT molecular complexity index is 1110. The largest absolute Gasteiger partial charge is 0.457 e. The number of fused-ring (bicyclic) bond motifs is 1. The molecular weight excluding hydrogens is 398 g/mol. The molecule has 5 rings (SSSR count). The SMILES string of the molecule is CC(C)N1CCCC(C2N=C(c3ccc(Oc4ccccc4)cc3)c3c(N)ncnc32)C1. The van der Waals surface area contributed by atoms with Gasteiger partial charge in [-0.3, -0.25) is 4.99 Å². The monoisotopic (exact) mass is 427 g/mol. The highest BCUT2D eigenvalue weighted by molar-refractivity contribution is 6.17. The van der Waals surface area contributed by atoms with Crippen LogP contribution in [0.15, 0.2) is 65.9 Å². The van der Waals surface area contributed by atoms with Crippen LogP contribution in [-0.2, 0) is 0 Å². The van der Waals surface area contributed by atoms with Crippen LogP contribution in [0.2, 0.25) is 0 Å². The topological polar surface area (TPSA) is 76.6 Å². The van der Waals surface area contributed by atoms with E-state index in [2.05, 4.69) is 28.7 Å². The number of anilines is 1. The van der Waals surface area contributed by atoms with E-state index in [0.717, 1.165) is 53.5 Å². The zero-order valence-corrected chi connectivity index (χ0v) is 18.6. The van der Waals surface area contributed by atoms with E-state index in [-0.39, 0.29) is 6.04 Å². The smallest absolute Gasteiger partial charge is 0.136 e. The average Bonchev–Trinajstić information content (AvgIpc) is 3.21. The zero-order chi connectivity index (χ0) is 22.1. The minimum atomic E-state index is 0.0205. The Labute approximate surface area is 189 Å². The van der Waals surface area contributed by atoms with E-state index < -0.39 is 0 Å². The molecule has 6 nitrogen and oxygen atoms in total. The molecule has 2 aliphatic rings. The van der Waals surface area contributed by atoms with Gasteiger partial charge in [-0.25, -0.2) is 9.97 Å². The van der Waals surface area contributed by atoms with Gasteiger partial charge in [0.15, 0.2) is 0 Å². The number of likely N-dealkylation sites (tertiary alicyclic amines) is 1. The molecule has 0 bridgehead atoms. The standard InChI is InChI=1S/C26H29N5O/c1-17(2)31-14-6-7-19(15-31)24-25-22(26(27)29-16-28-25)23(30-24)18-10-12-21(13-11-18)32-20-8-4-3-5-9-20/h3-5,8-13,16-17,19,24H,6-7,14-15H2,1-2H3,(H2,27,28,29). The second-order valence-corrected chi connectivity index (χ2v) is 8.87. The molecule has 2 N–H and O–H groups in total. The van der Waals surface area contributed by atoms with Crippen LogP contribution in [0, 0.1) is 5.92 Å². The Morgan fingerprint density at radius 2 is 1.75 bits per heavy atom. The summed E-state index contributed by atoms with van der Waals surface area (Å²) in [6.45, 7) is 6.71. The van der Waals surface area contributed by atoms with E-state index in [9.17, 15) is 0 Å². The average molecular weight is 428 g/mol. The predicted octanol–water partition coefficient (Wildman–Crippen LogP) is 4.86. The van der Waals surface area contributed by atoms with Crippen molar-refractivity contribution in [1.82, 2.24) is 14.9 Å². The van der Waals surface area contributed by atoms with Gasteiger partial charge in [0.2, 0.25) is 0 Å². The molecule has 0 amide bonds. The fourth-order valence-electron chi connectivity index (χ4n) is 4.77. The summed E-state index contributed by atoms with van der Waals surface area (Å²) >= 11 is 0. The molecule has 32 heavy (non-hydrogen) atoms. The minimum absolute atomic E-state index is 0.0205. The van der Waals surface area contributed by atoms with Crippen LogP contribution in [0.3, 0.4) is 0 Å². The highest BCUT2D eigenvalue weighted by Crippen LogP contribution is 2.41. The Balaban J connectivity index is 1.45. The van der Waals surface area contributed by atoms with Gasteiger partial charge in [0.1, 0.15) is 23.6 Å². The third-order valence-electron chi connectivity index (χ3n) is 6.46. The molecule has 164 valence electrons. The summed E-state index contributed by atoms with van der Waals surface area (Å²) in [5.74, 6) is 2.52. The molecule has 2 atom stereocenters. The summed E-state index contributed by atoms with van der Waals surface area (Å²) in [6, 6.07) is 18.4. The van der Waals surface area contributed by atoms with Crippen molar-refractivity contribution < 1.29 is 4.74 Å². The predicted molar refractivity (Wildman–Crippen MR) is 127 cm³/mol. The maximum absolute atomic E-state index is 6.33. The number of hydrogen-bond acceptors (Lipinski definition) is 6. The quantitative estimate of drug-likeness (QED) is 0.629. The van der Waals surface area contributed by atoms with Gasteiger partial charge in [-0.2, -0.15) is 0 Å². The van der Waals surface area contributed by atoms with Gasteiger partial charge in [-0.1, -0.05) is 18.2 Å². The number of para-hydroxylation sites is 1. The van der Waals surface area contributed by atoms with Gasteiger partial charge in [-0.15, -0.1) is 0 Å². The number of hydrogen-bond donors (Lipinski definition) is 1. The van der Waals surface area contributed by atoms with E-state index in [1.807, 2.05) is 54.6 Å². The number of nitrogen functional groups attached to an aromatic ring is 1. The molecule has 1 saturated heterocycles. The third kappa shape index (κ3) is 3.98. The van der Waals surface area contributed by atoms with Crippen molar-refractivity contribution in [2.45, 2.75) is 38.8 Å². The minimum Gasteiger partial charge on any atom is -0.457 e. The number of rotatable bonds is 5. The Morgan fingerprint density at radius 1 is 1.00 bits per heavy atom. The van der Waals surface area contributed by atoms with Gasteiger partial charge < -0.3 is 15.4 Å². The van der Waals surface area contributed by atoms with Gasteiger partial charge in [-0.05, 0) is 75.5 Å². The van der Waals surface area contributed by atoms with Crippen LogP contribution >= 0.6 is 0 Å². The highest BCUT2D eigenvalue weighted by Gasteiger charge is 2.37. The Kier molecular flexibility index (Phi) is 5.62. The zero-order valence-electron chi connectivity index (χ0n) is 18.6. The number of ether oxygens (including phenoxy) is 1. The molecule has 3 heterocycles. The lowest BCUT2D eigenvalue weighted by molar-refractivity contribution is 0.126. The van der Waals surface area contributed by atoms with Gasteiger partial charge in [0, 0.05) is 18.2 Å². The third-order valence-corrected chi connectivity index (χ3v) is 6.46. The van der Waals surface area contributed by atoms with Crippen molar-refractivity contribution >= 4 is 11.5 Å². The molecule has 0 saturated carbocycles. The summed E-state index contributed by atoms with van der Waals surface area (Å²) in [5.41, 5.74) is 10.1. The van der Waals surface area contributed by atoms with E-state index >= 15 is 0 Å². The van der Waals surface area contributed by atoms with Crippen LogP contribution < -0.4 is 10.5 Å². The van der Waals surface area contributed by atoms with Crippen LogP contribution in [-0.4, -0.2) is 39.7 Å². The summed E-state index contributed by atoms with van der Waals surface area (Å²) in [4.78, 5) is 16.6. The van der Waals surface area contributed by atoms with Crippen LogP contribution in [0.5, 0.6) is 11.5 Å².